The summed E-state index contributed by atoms with van der Waals surface area (Å²) in [5.74, 6) is 1.55. The number of ether oxygens (including phenoxy) is 2. The average molecular weight is 252 g/mol. The first-order valence-corrected chi connectivity index (χ1v) is 6.16. The van der Waals surface area contributed by atoms with Gasteiger partial charge in [-0.25, -0.2) is 0 Å². The molecule has 0 saturated heterocycles. The Morgan fingerprint density at radius 1 is 1.17 bits per heavy atom. The zero-order valence-corrected chi connectivity index (χ0v) is 12.0. The SMILES string of the molecule is CNC(CCN(C)C)c1ccc(OC)c(OC)c1. The molecule has 0 aliphatic heterocycles. The molecule has 1 N–H and O–H groups in total. The largest absolute Gasteiger partial charge is 0.493 e. The fourth-order valence-corrected chi connectivity index (χ4v) is 1.93. The quantitative estimate of drug-likeness (QED) is 0.804. The van der Waals surface area contributed by atoms with Crippen LogP contribution in [-0.2, 0) is 0 Å². The van der Waals surface area contributed by atoms with E-state index in [4.69, 9.17) is 9.47 Å². The Hall–Kier alpha value is -1.26. The Balaban J connectivity index is 2.85. The van der Waals surface area contributed by atoms with Gasteiger partial charge < -0.3 is 19.7 Å². The molecule has 18 heavy (non-hydrogen) atoms. The molecule has 0 aliphatic rings. The van der Waals surface area contributed by atoms with E-state index in [1.165, 1.54) is 5.56 Å². The van der Waals surface area contributed by atoms with Gasteiger partial charge in [0.1, 0.15) is 0 Å². The van der Waals surface area contributed by atoms with Crippen molar-refractivity contribution in [1.82, 2.24) is 10.2 Å². The van der Waals surface area contributed by atoms with Crippen LogP contribution in [0, 0.1) is 0 Å². The molecule has 1 aromatic rings. The second-order valence-corrected chi connectivity index (χ2v) is 4.55. The molecule has 4 heteroatoms. The Bertz CT molecular complexity index is 367. The maximum Gasteiger partial charge on any atom is 0.161 e. The third-order valence-corrected chi connectivity index (χ3v) is 3.02. The lowest BCUT2D eigenvalue weighted by Gasteiger charge is -2.20. The summed E-state index contributed by atoms with van der Waals surface area (Å²) in [5, 5.41) is 3.34. The standard InChI is InChI=1S/C14H24N2O2/c1-15-12(8-9-16(2)3)11-6-7-13(17-4)14(10-11)18-5/h6-7,10,12,15H,8-9H2,1-5H3. The summed E-state index contributed by atoms with van der Waals surface area (Å²) in [5.41, 5.74) is 1.22. The maximum absolute atomic E-state index is 5.33. The van der Waals surface area contributed by atoms with Crippen LogP contribution in [-0.4, -0.2) is 46.8 Å². The van der Waals surface area contributed by atoms with Gasteiger partial charge in [0.2, 0.25) is 0 Å². The Labute approximate surface area is 110 Å². The molecule has 0 bridgehead atoms. The van der Waals surface area contributed by atoms with E-state index < -0.39 is 0 Å². The van der Waals surface area contributed by atoms with Crippen molar-refractivity contribution in [3.63, 3.8) is 0 Å². The van der Waals surface area contributed by atoms with Crippen LogP contribution in [0.4, 0.5) is 0 Å². The molecular weight excluding hydrogens is 228 g/mol. The number of nitrogens with zero attached hydrogens (tertiary/aromatic N) is 1. The summed E-state index contributed by atoms with van der Waals surface area (Å²) in [6.07, 6.45) is 1.05. The van der Waals surface area contributed by atoms with Gasteiger partial charge in [0, 0.05) is 6.04 Å². The number of benzene rings is 1. The smallest absolute Gasteiger partial charge is 0.161 e. The molecule has 0 fully saturated rings. The summed E-state index contributed by atoms with van der Waals surface area (Å²) in [6.45, 7) is 1.04. The van der Waals surface area contributed by atoms with Gasteiger partial charge in [-0.15, -0.1) is 0 Å². The van der Waals surface area contributed by atoms with E-state index in [9.17, 15) is 0 Å². The highest BCUT2D eigenvalue weighted by molar-refractivity contribution is 5.43. The van der Waals surface area contributed by atoms with E-state index >= 15 is 0 Å². The third kappa shape index (κ3) is 3.89. The third-order valence-electron chi connectivity index (χ3n) is 3.02. The van der Waals surface area contributed by atoms with E-state index in [2.05, 4.69) is 30.4 Å². The van der Waals surface area contributed by atoms with Gasteiger partial charge in [-0.2, -0.15) is 0 Å². The number of hydrogen-bond donors (Lipinski definition) is 1. The van der Waals surface area contributed by atoms with E-state index in [0.29, 0.717) is 6.04 Å². The molecule has 1 unspecified atom stereocenters. The molecule has 0 radical (unpaired) electrons. The van der Waals surface area contributed by atoms with Gasteiger partial charge in [-0.3, -0.25) is 0 Å². The van der Waals surface area contributed by atoms with Crippen LogP contribution in [0.1, 0.15) is 18.0 Å². The average Bonchev–Trinajstić information content (AvgIpc) is 2.38. The molecular formula is C14H24N2O2. The van der Waals surface area contributed by atoms with Crippen LogP contribution >= 0.6 is 0 Å². The van der Waals surface area contributed by atoms with E-state index in [-0.39, 0.29) is 0 Å². The van der Waals surface area contributed by atoms with Gasteiger partial charge in [0.25, 0.3) is 0 Å². The zero-order valence-electron chi connectivity index (χ0n) is 12.0. The van der Waals surface area contributed by atoms with Crippen molar-refractivity contribution in [2.24, 2.45) is 0 Å². The fraction of sp³-hybridized carbons (Fsp3) is 0.571. The lowest BCUT2D eigenvalue weighted by atomic mass is 10.0. The summed E-state index contributed by atoms with van der Waals surface area (Å²) in [7, 11) is 9.47. The second kappa shape index (κ2) is 7.24. The van der Waals surface area contributed by atoms with Crippen molar-refractivity contribution in [3.8, 4) is 11.5 Å². The van der Waals surface area contributed by atoms with Crippen LogP contribution in [0.15, 0.2) is 18.2 Å². The van der Waals surface area contributed by atoms with E-state index in [1.807, 2.05) is 19.2 Å². The Kier molecular flexibility index (Phi) is 5.95. The number of rotatable bonds is 7. The molecule has 0 aliphatic carbocycles. The first-order valence-electron chi connectivity index (χ1n) is 6.16. The minimum atomic E-state index is 0.326. The molecule has 1 rings (SSSR count). The molecule has 0 spiro atoms. The van der Waals surface area contributed by atoms with Crippen molar-refractivity contribution < 1.29 is 9.47 Å². The van der Waals surface area contributed by atoms with Crippen LogP contribution in [0.25, 0.3) is 0 Å². The second-order valence-electron chi connectivity index (χ2n) is 4.55. The summed E-state index contributed by atoms with van der Waals surface area (Å²) in [4.78, 5) is 2.19. The van der Waals surface area contributed by atoms with Crippen molar-refractivity contribution >= 4 is 0 Å². The summed E-state index contributed by atoms with van der Waals surface area (Å²) >= 11 is 0. The molecule has 1 atom stereocenters. The first-order chi connectivity index (χ1) is 8.62. The number of nitrogens with one attached hydrogen (secondary N) is 1. The zero-order chi connectivity index (χ0) is 13.5. The topological polar surface area (TPSA) is 33.7 Å². The van der Waals surface area contributed by atoms with Crippen molar-refractivity contribution in [2.75, 3.05) is 41.9 Å². The fourth-order valence-electron chi connectivity index (χ4n) is 1.93. The molecule has 4 nitrogen and oxygen atoms in total. The highest BCUT2D eigenvalue weighted by atomic mass is 16.5. The highest BCUT2D eigenvalue weighted by Crippen LogP contribution is 2.30. The molecule has 0 amide bonds. The predicted octanol–water partition coefficient (Wildman–Crippen LogP) is 1.92. The van der Waals surface area contributed by atoms with Gasteiger partial charge in [0.05, 0.1) is 14.2 Å². The van der Waals surface area contributed by atoms with Crippen molar-refractivity contribution in [3.05, 3.63) is 23.8 Å². The summed E-state index contributed by atoms with van der Waals surface area (Å²) < 4.78 is 10.6. The minimum absolute atomic E-state index is 0.326. The Morgan fingerprint density at radius 2 is 1.83 bits per heavy atom. The lowest BCUT2D eigenvalue weighted by Crippen LogP contribution is -2.22. The Morgan fingerprint density at radius 3 is 2.33 bits per heavy atom. The van der Waals surface area contributed by atoms with Gasteiger partial charge in [-0.05, 0) is 51.8 Å². The van der Waals surface area contributed by atoms with Crippen LogP contribution in [0.5, 0.6) is 11.5 Å². The first kappa shape index (κ1) is 14.8. The van der Waals surface area contributed by atoms with Crippen molar-refractivity contribution in [1.29, 1.82) is 0 Å². The molecule has 0 saturated carbocycles. The molecule has 102 valence electrons. The predicted molar refractivity (Wildman–Crippen MR) is 74.5 cm³/mol. The highest BCUT2D eigenvalue weighted by Gasteiger charge is 2.12. The lowest BCUT2D eigenvalue weighted by molar-refractivity contribution is 0.351. The monoisotopic (exact) mass is 252 g/mol. The number of methoxy groups -OCH3 is 2. The van der Waals surface area contributed by atoms with E-state index in [1.54, 1.807) is 14.2 Å². The van der Waals surface area contributed by atoms with Crippen LogP contribution in [0.3, 0.4) is 0 Å². The molecule has 1 aromatic carbocycles. The molecule has 0 heterocycles. The molecule has 0 aromatic heterocycles. The van der Waals surface area contributed by atoms with Gasteiger partial charge in [-0.1, -0.05) is 6.07 Å². The van der Waals surface area contributed by atoms with Crippen LogP contribution < -0.4 is 14.8 Å². The maximum atomic E-state index is 5.33. The number of hydrogen-bond acceptors (Lipinski definition) is 4. The summed E-state index contributed by atoms with van der Waals surface area (Å²) in [6, 6.07) is 6.40. The normalized spacial score (nSPS) is 12.6. The minimum Gasteiger partial charge on any atom is -0.493 e. The van der Waals surface area contributed by atoms with Gasteiger partial charge >= 0.3 is 0 Å². The van der Waals surface area contributed by atoms with Crippen molar-refractivity contribution in [2.45, 2.75) is 12.5 Å². The van der Waals surface area contributed by atoms with Crippen LogP contribution in [0.2, 0.25) is 0 Å². The van der Waals surface area contributed by atoms with E-state index in [0.717, 1.165) is 24.5 Å². The van der Waals surface area contributed by atoms with Gasteiger partial charge in [0.15, 0.2) is 11.5 Å².